The lowest BCUT2D eigenvalue weighted by Gasteiger charge is -2.11. The van der Waals surface area contributed by atoms with Crippen LogP contribution < -0.4 is 19.5 Å². The Bertz CT molecular complexity index is 638. The van der Waals surface area contributed by atoms with Gasteiger partial charge in [0.15, 0.2) is 6.61 Å². The number of hydrogen-bond acceptors (Lipinski definition) is 4. The van der Waals surface area contributed by atoms with Gasteiger partial charge in [0.1, 0.15) is 17.2 Å². The highest BCUT2D eigenvalue weighted by atomic mass is 127. The van der Waals surface area contributed by atoms with Gasteiger partial charge in [0.05, 0.1) is 17.8 Å². The Labute approximate surface area is 142 Å². The highest BCUT2D eigenvalue weighted by Crippen LogP contribution is 2.26. The van der Waals surface area contributed by atoms with Crippen molar-refractivity contribution in [3.8, 4) is 17.2 Å². The number of anilines is 1. The number of carbonyl (C=O) groups is 1. The van der Waals surface area contributed by atoms with E-state index >= 15 is 0 Å². The van der Waals surface area contributed by atoms with Crippen LogP contribution in [0.3, 0.4) is 0 Å². The maximum Gasteiger partial charge on any atom is 0.262 e. The van der Waals surface area contributed by atoms with Crippen LogP contribution in [-0.2, 0) is 4.79 Å². The summed E-state index contributed by atoms with van der Waals surface area (Å²) in [5.74, 6) is 1.64. The number of ether oxygens (including phenoxy) is 3. The minimum atomic E-state index is -0.255. The first kappa shape index (κ1) is 16.4. The molecule has 0 aliphatic rings. The number of nitrogens with one attached hydrogen (secondary N) is 1. The van der Waals surface area contributed by atoms with E-state index in [-0.39, 0.29) is 12.5 Å². The molecule has 0 bridgehead atoms. The summed E-state index contributed by atoms with van der Waals surface area (Å²) in [6.45, 7) is -0.0699. The molecule has 0 aromatic heterocycles. The molecule has 0 fully saturated rings. The van der Waals surface area contributed by atoms with E-state index < -0.39 is 0 Å². The molecular formula is C16H16INO4. The minimum Gasteiger partial charge on any atom is -0.497 e. The van der Waals surface area contributed by atoms with Gasteiger partial charge in [-0.1, -0.05) is 12.1 Å². The topological polar surface area (TPSA) is 56.8 Å². The van der Waals surface area contributed by atoms with Gasteiger partial charge in [-0.05, 0) is 34.7 Å². The van der Waals surface area contributed by atoms with Crippen LogP contribution in [0.25, 0.3) is 0 Å². The SMILES string of the molecule is COc1cc(NC(=O)COc2ccccc2I)cc(OC)c1. The van der Waals surface area contributed by atoms with E-state index in [4.69, 9.17) is 14.2 Å². The summed E-state index contributed by atoms with van der Waals surface area (Å²) in [6, 6.07) is 12.7. The number of carbonyl (C=O) groups excluding carboxylic acids is 1. The molecule has 1 N–H and O–H groups in total. The standard InChI is InChI=1S/C16H16INO4/c1-20-12-7-11(8-13(9-12)21-2)18-16(19)10-22-15-6-4-3-5-14(15)17/h3-9H,10H2,1-2H3,(H,18,19). The van der Waals surface area contributed by atoms with Crippen molar-refractivity contribution in [2.75, 3.05) is 26.1 Å². The Kier molecular flexibility index (Phi) is 5.88. The molecule has 2 rings (SSSR count). The molecule has 2 aromatic carbocycles. The number of hydrogen-bond donors (Lipinski definition) is 1. The molecule has 5 nitrogen and oxygen atoms in total. The van der Waals surface area contributed by atoms with Gasteiger partial charge in [-0.15, -0.1) is 0 Å². The van der Waals surface area contributed by atoms with Gasteiger partial charge in [0.25, 0.3) is 5.91 Å². The van der Waals surface area contributed by atoms with Gasteiger partial charge >= 0.3 is 0 Å². The van der Waals surface area contributed by atoms with Gasteiger partial charge in [-0.25, -0.2) is 0 Å². The fraction of sp³-hybridized carbons (Fsp3) is 0.188. The first-order valence-electron chi connectivity index (χ1n) is 6.52. The van der Waals surface area contributed by atoms with Gasteiger partial charge < -0.3 is 19.5 Å². The molecule has 6 heteroatoms. The van der Waals surface area contributed by atoms with Crippen molar-refractivity contribution >= 4 is 34.2 Å². The van der Waals surface area contributed by atoms with E-state index in [0.717, 1.165) is 3.57 Å². The average Bonchev–Trinajstić information content (AvgIpc) is 2.53. The van der Waals surface area contributed by atoms with Crippen LogP contribution in [-0.4, -0.2) is 26.7 Å². The van der Waals surface area contributed by atoms with E-state index in [0.29, 0.717) is 22.9 Å². The van der Waals surface area contributed by atoms with Gasteiger partial charge in [-0.3, -0.25) is 4.79 Å². The second kappa shape index (κ2) is 7.88. The third-order valence-electron chi connectivity index (χ3n) is 2.83. The summed E-state index contributed by atoms with van der Waals surface area (Å²) in [6.07, 6.45) is 0. The predicted molar refractivity (Wildman–Crippen MR) is 92.8 cm³/mol. The monoisotopic (exact) mass is 413 g/mol. The first-order chi connectivity index (χ1) is 10.6. The smallest absolute Gasteiger partial charge is 0.262 e. The summed E-state index contributed by atoms with van der Waals surface area (Å²) in [7, 11) is 3.11. The largest absolute Gasteiger partial charge is 0.497 e. The molecule has 0 atom stereocenters. The van der Waals surface area contributed by atoms with Gasteiger partial charge in [-0.2, -0.15) is 0 Å². The number of methoxy groups -OCH3 is 2. The van der Waals surface area contributed by atoms with Crippen LogP contribution in [0.15, 0.2) is 42.5 Å². The molecule has 22 heavy (non-hydrogen) atoms. The third-order valence-corrected chi connectivity index (χ3v) is 3.72. The number of para-hydroxylation sites is 1. The summed E-state index contributed by atoms with van der Waals surface area (Å²) in [5, 5.41) is 2.75. The van der Waals surface area contributed by atoms with Crippen molar-refractivity contribution in [3.05, 3.63) is 46.0 Å². The quantitative estimate of drug-likeness (QED) is 0.739. The molecule has 116 valence electrons. The van der Waals surface area contributed by atoms with Crippen molar-refractivity contribution in [1.82, 2.24) is 0 Å². The van der Waals surface area contributed by atoms with Crippen molar-refractivity contribution in [2.45, 2.75) is 0 Å². The van der Waals surface area contributed by atoms with Crippen molar-refractivity contribution in [1.29, 1.82) is 0 Å². The molecule has 0 saturated heterocycles. The van der Waals surface area contributed by atoms with Crippen molar-refractivity contribution < 1.29 is 19.0 Å². The second-order valence-electron chi connectivity index (χ2n) is 4.37. The van der Waals surface area contributed by atoms with Crippen LogP contribution in [0, 0.1) is 3.57 Å². The normalized spacial score (nSPS) is 9.95. The van der Waals surface area contributed by atoms with Crippen molar-refractivity contribution in [2.24, 2.45) is 0 Å². The molecule has 0 radical (unpaired) electrons. The molecule has 2 aromatic rings. The maximum atomic E-state index is 12.0. The lowest BCUT2D eigenvalue weighted by Crippen LogP contribution is -2.20. The fourth-order valence-corrected chi connectivity index (χ4v) is 2.32. The Balaban J connectivity index is 1.98. The van der Waals surface area contributed by atoms with E-state index in [1.807, 2.05) is 24.3 Å². The lowest BCUT2D eigenvalue weighted by molar-refractivity contribution is -0.118. The summed E-state index contributed by atoms with van der Waals surface area (Å²) in [5.41, 5.74) is 0.590. The molecule has 1 amide bonds. The van der Waals surface area contributed by atoms with Gasteiger partial charge in [0, 0.05) is 23.9 Å². The highest BCUT2D eigenvalue weighted by Gasteiger charge is 2.08. The van der Waals surface area contributed by atoms with Crippen molar-refractivity contribution in [3.63, 3.8) is 0 Å². The minimum absolute atomic E-state index is 0.0699. The summed E-state index contributed by atoms with van der Waals surface area (Å²) >= 11 is 2.16. The van der Waals surface area contributed by atoms with Crippen LogP contribution >= 0.6 is 22.6 Å². The number of benzene rings is 2. The zero-order valence-corrected chi connectivity index (χ0v) is 14.4. The van der Waals surface area contributed by atoms with Gasteiger partial charge in [0.2, 0.25) is 0 Å². The Morgan fingerprint density at radius 2 is 1.73 bits per heavy atom. The molecule has 0 saturated carbocycles. The molecule has 0 spiro atoms. The molecule has 0 heterocycles. The Morgan fingerprint density at radius 1 is 1.09 bits per heavy atom. The van der Waals surface area contributed by atoms with E-state index in [1.54, 1.807) is 32.4 Å². The van der Waals surface area contributed by atoms with E-state index in [9.17, 15) is 4.79 Å². The molecule has 0 aliphatic carbocycles. The zero-order chi connectivity index (χ0) is 15.9. The fourth-order valence-electron chi connectivity index (χ4n) is 1.78. The molecular weight excluding hydrogens is 397 g/mol. The van der Waals surface area contributed by atoms with Crippen LogP contribution in [0.2, 0.25) is 0 Å². The number of amides is 1. The molecule has 0 unspecified atom stereocenters. The third kappa shape index (κ3) is 4.52. The average molecular weight is 413 g/mol. The summed E-state index contributed by atoms with van der Waals surface area (Å²) in [4.78, 5) is 12.0. The molecule has 0 aliphatic heterocycles. The first-order valence-corrected chi connectivity index (χ1v) is 7.60. The van der Waals surface area contributed by atoms with Crippen LogP contribution in [0.1, 0.15) is 0 Å². The Hall–Kier alpha value is -1.96. The van der Waals surface area contributed by atoms with E-state index in [1.165, 1.54) is 0 Å². The zero-order valence-electron chi connectivity index (χ0n) is 12.3. The number of halogens is 1. The van der Waals surface area contributed by atoms with Crippen LogP contribution in [0.4, 0.5) is 5.69 Å². The number of rotatable bonds is 6. The van der Waals surface area contributed by atoms with Crippen LogP contribution in [0.5, 0.6) is 17.2 Å². The maximum absolute atomic E-state index is 12.0. The lowest BCUT2D eigenvalue weighted by atomic mass is 10.2. The Morgan fingerprint density at radius 3 is 2.32 bits per heavy atom. The summed E-state index contributed by atoms with van der Waals surface area (Å²) < 4.78 is 16.8. The van der Waals surface area contributed by atoms with E-state index in [2.05, 4.69) is 27.9 Å². The predicted octanol–water partition coefficient (Wildman–Crippen LogP) is 3.33. The highest BCUT2D eigenvalue weighted by molar-refractivity contribution is 14.1. The second-order valence-corrected chi connectivity index (χ2v) is 5.53.